The maximum Gasteiger partial charge on any atom is 0.126 e. The van der Waals surface area contributed by atoms with Crippen molar-refractivity contribution in [3.8, 4) is 5.75 Å². The van der Waals surface area contributed by atoms with Gasteiger partial charge in [0.1, 0.15) is 11.9 Å². The highest BCUT2D eigenvalue weighted by Crippen LogP contribution is 2.26. The zero-order valence-corrected chi connectivity index (χ0v) is 12.0. The molecule has 2 nitrogen and oxygen atoms in total. The second-order valence-electron chi connectivity index (χ2n) is 4.99. The van der Waals surface area contributed by atoms with E-state index in [0.29, 0.717) is 0 Å². The summed E-state index contributed by atoms with van der Waals surface area (Å²) in [5, 5.41) is 0. The predicted molar refractivity (Wildman–Crippen MR) is 78.2 cm³/mol. The molecule has 1 aromatic carbocycles. The van der Waals surface area contributed by atoms with Gasteiger partial charge in [-0.2, -0.15) is 0 Å². The predicted octanol–water partition coefficient (Wildman–Crippen LogP) is 3.54. The summed E-state index contributed by atoms with van der Waals surface area (Å²) in [7, 11) is 0. The molecule has 0 aliphatic carbocycles. The smallest absolute Gasteiger partial charge is 0.126 e. The summed E-state index contributed by atoms with van der Waals surface area (Å²) in [5.74, 6) is 0.969. The van der Waals surface area contributed by atoms with E-state index in [-0.39, 0.29) is 12.1 Å². The normalized spacial score (nSPS) is 14.1. The van der Waals surface area contributed by atoms with Gasteiger partial charge in [0.05, 0.1) is 0 Å². The fourth-order valence-corrected chi connectivity index (χ4v) is 2.02. The number of rotatable bonds is 6. The van der Waals surface area contributed by atoms with Crippen LogP contribution >= 0.6 is 0 Å². The Labute approximate surface area is 111 Å². The molecule has 0 spiro atoms. The zero-order chi connectivity index (χ0) is 13.7. The number of benzene rings is 1. The van der Waals surface area contributed by atoms with Crippen LogP contribution in [-0.4, -0.2) is 12.1 Å². The average Bonchev–Trinajstić information content (AvgIpc) is 2.33. The minimum absolute atomic E-state index is 0.0335. The third kappa shape index (κ3) is 3.88. The average molecular weight is 247 g/mol. The fourth-order valence-electron chi connectivity index (χ4n) is 2.02. The lowest BCUT2D eigenvalue weighted by molar-refractivity contribution is 0.266. The Hall–Kier alpha value is -1.28. The van der Waals surface area contributed by atoms with Crippen molar-refractivity contribution in [3.63, 3.8) is 0 Å². The second-order valence-corrected chi connectivity index (χ2v) is 4.99. The van der Waals surface area contributed by atoms with Gasteiger partial charge in [0.25, 0.3) is 0 Å². The van der Waals surface area contributed by atoms with Crippen LogP contribution in [-0.2, 0) is 6.42 Å². The molecule has 0 saturated carbocycles. The van der Waals surface area contributed by atoms with Crippen LogP contribution in [0.5, 0.6) is 5.75 Å². The number of hydrogen-bond acceptors (Lipinski definition) is 2. The van der Waals surface area contributed by atoms with Gasteiger partial charge in [-0.3, -0.25) is 0 Å². The maximum atomic E-state index is 6.00. The number of aryl methyl sites for hydroxylation is 2. The lowest BCUT2D eigenvalue weighted by Crippen LogP contribution is -2.21. The lowest BCUT2D eigenvalue weighted by Gasteiger charge is -2.18. The van der Waals surface area contributed by atoms with Crippen LogP contribution in [0.15, 0.2) is 24.8 Å². The first kappa shape index (κ1) is 14.8. The van der Waals surface area contributed by atoms with E-state index in [9.17, 15) is 0 Å². The number of nitrogens with two attached hydrogens (primary N) is 1. The molecule has 0 heterocycles. The first-order chi connectivity index (χ1) is 8.47. The van der Waals surface area contributed by atoms with Crippen molar-refractivity contribution in [3.05, 3.63) is 41.5 Å². The van der Waals surface area contributed by atoms with Crippen LogP contribution in [0.25, 0.3) is 0 Å². The molecule has 1 rings (SSSR count). The summed E-state index contributed by atoms with van der Waals surface area (Å²) in [6, 6.07) is 4.59. The molecule has 0 aliphatic rings. The molecular weight excluding hydrogens is 222 g/mol. The van der Waals surface area contributed by atoms with Gasteiger partial charge in [0, 0.05) is 6.04 Å². The molecule has 0 aromatic heterocycles. The molecular formula is C16H25NO. The Balaban J connectivity index is 2.93. The van der Waals surface area contributed by atoms with Crippen molar-refractivity contribution in [2.45, 2.75) is 52.7 Å². The van der Waals surface area contributed by atoms with Crippen molar-refractivity contribution < 1.29 is 4.74 Å². The maximum absolute atomic E-state index is 6.00. The van der Waals surface area contributed by atoms with Crippen molar-refractivity contribution in [1.82, 2.24) is 0 Å². The Morgan fingerprint density at radius 1 is 1.33 bits per heavy atom. The van der Waals surface area contributed by atoms with E-state index in [1.54, 1.807) is 6.08 Å². The summed E-state index contributed by atoms with van der Waals surface area (Å²) >= 11 is 0. The first-order valence-electron chi connectivity index (χ1n) is 6.62. The van der Waals surface area contributed by atoms with Gasteiger partial charge in [-0.05, 0) is 50.3 Å². The molecule has 0 fully saturated rings. The van der Waals surface area contributed by atoms with Gasteiger partial charge in [0.2, 0.25) is 0 Å². The number of ether oxygens (including phenoxy) is 1. The van der Waals surface area contributed by atoms with Crippen molar-refractivity contribution in [1.29, 1.82) is 0 Å². The van der Waals surface area contributed by atoms with Crippen LogP contribution in [0.1, 0.15) is 37.0 Å². The molecule has 2 atom stereocenters. The van der Waals surface area contributed by atoms with Crippen LogP contribution in [0.2, 0.25) is 0 Å². The van der Waals surface area contributed by atoms with Crippen LogP contribution in [0.3, 0.4) is 0 Å². The molecule has 2 N–H and O–H groups in total. The zero-order valence-electron chi connectivity index (χ0n) is 12.0. The van der Waals surface area contributed by atoms with Gasteiger partial charge in [-0.1, -0.05) is 31.7 Å². The molecule has 0 saturated heterocycles. The molecule has 0 bridgehead atoms. The van der Waals surface area contributed by atoms with Gasteiger partial charge < -0.3 is 10.5 Å². The minimum atomic E-state index is 0.0335. The van der Waals surface area contributed by atoms with E-state index in [2.05, 4.69) is 39.5 Å². The Morgan fingerprint density at radius 2 is 1.89 bits per heavy atom. The van der Waals surface area contributed by atoms with Crippen LogP contribution in [0, 0.1) is 13.8 Å². The molecule has 0 radical (unpaired) electrons. The minimum Gasteiger partial charge on any atom is -0.486 e. The molecule has 0 amide bonds. The summed E-state index contributed by atoms with van der Waals surface area (Å²) < 4.78 is 5.86. The Bertz CT molecular complexity index is 389. The molecule has 1 aromatic rings. The fraction of sp³-hybridized carbons (Fsp3) is 0.500. The van der Waals surface area contributed by atoms with Gasteiger partial charge >= 0.3 is 0 Å². The van der Waals surface area contributed by atoms with E-state index in [1.165, 1.54) is 16.7 Å². The van der Waals surface area contributed by atoms with Crippen molar-refractivity contribution >= 4 is 0 Å². The van der Waals surface area contributed by atoms with Gasteiger partial charge in [-0.25, -0.2) is 0 Å². The highest BCUT2D eigenvalue weighted by Gasteiger charge is 2.10. The molecule has 100 valence electrons. The largest absolute Gasteiger partial charge is 0.486 e. The quantitative estimate of drug-likeness (QED) is 0.780. The molecule has 2 unspecified atom stereocenters. The van der Waals surface area contributed by atoms with E-state index in [4.69, 9.17) is 10.5 Å². The van der Waals surface area contributed by atoms with E-state index < -0.39 is 0 Å². The third-order valence-electron chi connectivity index (χ3n) is 3.18. The first-order valence-corrected chi connectivity index (χ1v) is 6.62. The monoisotopic (exact) mass is 247 g/mol. The van der Waals surface area contributed by atoms with Crippen LogP contribution < -0.4 is 10.5 Å². The third-order valence-corrected chi connectivity index (χ3v) is 3.18. The summed E-state index contributed by atoms with van der Waals surface area (Å²) in [6.45, 7) is 12.0. The van der Waals surface area contributed by atoms with Crippen molar-refractivity contribution in [2.75, 3.05) is 0 Å². The second kappa shape index (κ2) is 6.60. The molecule has 2 heteroatoms. The van der Waals surface area contributed by atoms with Crippen LogP contribution in [0.4, 0.5) is 0 Å². The topological polar surface area (TPSA) is 35.2 Å². The highest BCUT2D eigenvalue weighted by molar-refractivity contribution is 5.43. The van der Waals surface area contributed by atoms with E-state index in [1.807, 2.05) is 6.92 Å². The Kier molecular flexibility index (Phi) is 5.42. The van der Waals surface area contributed by atoms with Crippen molar-refractivity contribution in [2.24, 2.45) is 5.73 Å². The van der Waals surface area contributed by atoms with Gasteiger partial charge in [0.15, 0.2) is 0 Å². The number of hydrogen-bond donors (Lipinski definition) is 1. The van der Waals surface area contributed by atoms with Gasteiger partial charge in [-0.15, -0.1) is 0 Å². The summed E-state index contributed by atoms with van der Waals surface area (Å²) in [6.07, 6.45) is 3.77. The highest BCUT2D eigenvalue weighted by atomic mass is 16.5. The SMILES string of the molecule is C=CC(C)Oc1c(C)cc(CC(N)CC)cc1C. The lowest BCUT2D eigenvalue weighted by atomic mass is 9.99. The molecule has 0 aliphatic heterocycles. The Morgan fingerprint density at radius 3 is 2.33 bits per heavy atom. The summed E-state index contributed by atoms with van der Waals surface area (Å²) in [4.78, 5) is 0. The standard InChI is InChI=1S/C16H25NO/c1-6-13(5)18-16-11(3)8-14(9-12(16)4)10-15(17)7-2/h6,8-9,13,15H,1,7,10,17H2,2-5H3. The van der Waals surface area contributed by atoms with E-state index >= 15 is 0 Å². The summed E-state index contributed by atoms with van der Waals surface area (Å²) in [5.41, 5.74) is 9.63. The van der Waals surface area contributed by atoms with E-state index in [0.717, 1.165) is 18.6 Å². The molecule has 18 heavy (non-hydrogen) atoms.